The van der Waals surface area contributed by atoms with E-state index >= 15 is 0 Å². The van der Waals surface area contributed by atoms with Crippen LogP contribution in [-0.4, -0.2) is 32.2 Å². The van der Waals surface area contributed by atoms with Crippen molar-refractivity contribution in [1.82, 2.24) is 19.9 Å². The number of nitrogen functional groups attached to an aromatic ring is 1. The van der Waals surface area contributed by atoms with Crippen molar-refractivity contribution in [3.8, 4) is 11.3 Å². The van der Waals surface area contributed by atoms with E-state index in [9.17, 15) is 13.2 Å². The first-order valence-corrected chi connectivity index (χ1v) is 5.59. The van der Waals surface area contributed by atoms with E-state index < -0.39 is 12.2 Å². The average molecular weight is 284 g/mol. The van der Waals surface area contributed by atoms with Gasteiger partial charge in [0.2, 0.25) is 5.95 Å². The largest absolute Gasteiger partial charge is 0.408 e. The van der Waals surface area contributed by atoms with E-state index in [0.29, 0.717) is 11.3 Å². The summed E-state index contributed by atoms with van der Waals surface area (Å²) in [4.78, 5) is 15.5. The normalized spacial score (nSPS) is 13.0. The van der Waals surface area contributed by atoms with Crippen LogP contribution in [0.25, 0.3) is 11.3 Å². The maximum atomic E-state index is 12.4. The smallest absolute Gasteiger partial charge is 0.382 e. The fourth-order valence-electron chi connectivity index (χ4n) is 1.33. The maximum Gasteiger partial charge on any atom is 0.408 e. The Morgan fingerprint density at radius 2 is 1.80 bits per heavy atom. The van der Waals surface area contributed by atoms with Crippen LogP contribution in [0.2, 0.25) is 0 Å². The third-order valence-electron chi connectivity index (χ3n) is 2.44. The van der Waals surface area contributed by atoms with Gasteiger partial charge in [-0.15, -0.1) is 0 Å². The molecule has 9 heteroatoms. The van der Waals surface area contributed by atoms with E-state index in [1.807, 2.05) is 0 Å². The Labute approximate surface area is 112 Å². The van der Waals surface area contributed by atoms with Crippen molar-refractivity contribution in [2.45, 2.75) is 19.1 Å². The van der Waals surface area contributed by atoms with Gasteiger partial charge in [-0.25, -0.2) is 15.0 Å². The van der Waals surface area contributed by atoms with E-state index in [0.717, 1.165) is 6.92 Å². The summed E-state index contributed by atoms with van der Waals surface area (Å²) in [5.41, 5.74) is 6.44. The van der Waals surface area contributed by atoms with Gasteiger partial charge >= 0.3 is 6.18 Å². The van der Waals surface area contributed by atoms with Gasteiger partial charge < -0.3 is 11.1 Å². The molecule has 0 radical (unpaired) electrons. The third-order valence-corrected chi connectivity index (χ3v) is 2.44. The van der Waals surface area contributed by atoms with Gasteiger partial charge in [0.1, 0.15) is 11.9 Å². The van der Waals surface area contributed by atoms with Crippen molar-refractivity contribution < 1.29 is 13.2 Å². The number of aromatic nitrogens is 4. The second-order valence-corrected chi connectivity index (χ2v) is 4.03. The molecule has 0 spiro atoms. The number of nitrogens with zero attached hydrogens (tertiary/aromatic N) is 4. The minimum Gasteiger partial charge on any atom is -0.382 e. The highest BCUT2D eigenvalue weighted by atomic mass is 19.4. The van der Waals surface area contributed by atoms with Gasteiger partial charge in [-0.05, 0) is 6.92 Å². The Hall–Kier alpha value is -2.45. The van der Waals surface area contributed by atoms with Crippen LogP contribution in [0.5, 0.6) is 0 Å². The lowest BCUT2D eigenvalue weighted by Crippen LogP contribution is -2.33. The molecule has 1 atom stereocenters. The molecule has 6 nitrogen and oxygen atoms in total. The molecule has 0 bridgehead atoms. The Morgan fingerprint density at radius 1 is 1.15 bits per heavy atom. The number of hydrogen-bond donors (Lipinski definition) is 2. The van der Waals surface area contributed by atoms with Gasteiger partial charge in [0, 0.05) is 18.0 Å². The zero-order valence-corrected chi connectivity index (χ0v) is 10.4. The topological polar surface area (TPSA) is 89.6 Å². The first kappa shape index (κ1) is 14.0. The molecule has 3 N–H and O–H groups in total. The lowest BCUT2D eigenvalue weighted by molar-refractivity contribution is -0.138. The Bertz CT molecular complexity index is 583. The lowest BCUT2D eigenvalue weighted by atomic mass is 10.2. The molecule has 2 heterocycles. The zero-order valence-electron chi connectivity index (χ0n) is 10.4. The minimum atomic E-state index is -4.36. The monoisotopic (exact) mass is 284 g/mol. The van der Waals surface area contributed by atoms with Crippen LogP contribution in [0.4, 0.5) is 24.9 Å². The summed E-state index contributed by atoms with van der Waals surface area (Å²) >= 11 is 0. The summed E-state index contributed by atoms with van der Waals surface area (Å²) < 4.78 is 37.1. The number of rotatable bonds is 3. The van der Waals surface area contributed by atoms with Crippen molar-refractivity contribution >= 4 is 11.8 Å². The third kappa shape index (κ3) is 3.31. The summed E-state index contributed by atoms with van der Waals surface area (Å²) in [6.07, 6.45) is 1.18. The highest BCUT2D eigenvalue weighted by Gasteiger charge is 2.36. The van der Waals surface area contributed by atoms with Gasteiger partial charge in [0.15, 0.2) is 0 Å². The first-order valence-electron chi connectivity index (χ1n) is 5.59. The second-order valence-electron chi connectivity index (χ2n) is 4.03. The average Bonchev–Trinajstić information content (AvgIpc) is 2.38. The van der Waals surface area contributed by atoms with Crippen LogP contribution < -0.4 is 11.1 Å². The number of nitrogens with one attached hydrogen (secondary N) is 1. The van der Waals surface area contributed by atoms with Crippen molar-refractivity contribution in [3.05, 3.63) is 24.8 Å². The standard InChI is InChI=1S/C11H11F3N6/c1-6(11(12,13)14)19-10-17-2-7(3-18-10)8-4-16-5-9(15)20-8/h2-6H,1H3,(H2,15,20)(H,17,18,19). The predicted molar refractivity (Wildman–Crippen MR) is 66.6 cm³/mol. The van der Waals surface area contributed by atoms with Crippen LogP contribution in [0.15, 0.2) is 24.8 Å². The SMILES string of the molecule is CC(Nc1ncc(-c2cncc(N)n2)cn1)C(F)(F)F. The summed E-state index contributed by atoms with van der Waals surface area (Å²) in [6, 6.07) is -1.74. The van der Waals surface area contributed by atoms with Crippen LogP contribution in [0.3, 0.4) is 0 Å². The molecule has 2 aromatic rings. The van der Waals surface area contributed by atoms with Crippen molar-refractivity contribution in [1.29, 1.82) is 0 Å². The van der Waals surface area contributed by atoms with E-state index in [4.69, 9.17) is 5.73 Å². The molecule has 106 valence electrons. The molecular formula is C11H11F3N6. The number of anilines is 2. The van der Waals surface area contributed by atoms with Gasteiger partial charge in [0.05, 0.1) is 18.1 Å². The van der Waals surface area contributed by atoms with Crippen LogP contribution in [-0.2, 0) is 0 Å². The quantitative estimate of drug-likeness (QED) is 0.894. The highest BCUT2D eigenvalue weighted by Crippen LogP contribution is 2.22. The molecule has 0 saturated heterocycles. The molecule has 0 amide bonds. The Balaban J connectivity index is 2.15. The molecule has 0 aromatic carbocycles. The number of halogens is 3. The van der Waals surface area contributed by atoms with Crippen molar-refractivity contribution in [2.75, 3.05) is 11.1 Å². The van der Waals surface area contributed by atoms with Crippen molar-refractivity contribution in [2.24, 2.45) is 0 Å². The fourth-order valence-corrected chi connectivity index (χ4v) is 1.33. The first-order chi connectivity index (χ1) is 9.36. The molecule has 0 aliphatic heterocycles. The zero-order chi connectivity index (χ0) is 14.8. The van der Waals surface area contributed by atoms with E-state index in [-0.39, 0.29) is 11.8 Å². The van der Waals surface area contributed by atoms with E-state index in [1.165, 1.54) is 24.8 Å². The Kier molecular flexibility index (Phi) is 3.68. The molecule has 0 aliphatic rings. The molecule has 0 fully saturated rings. The fraction of sp³-hybridized carbons (Fsp3) is 0.273. The molecule has 20 heavy (non-hydrogen) atoms. The Morgan fingerprint density at radius 3 is 2.35 bits per heavy atom. The summed E-state index contributed by atoms with van der Waals surface area (Å²) in [5.74, 6) is 0.117. The van der Waals surface area contributed by atoms with Gasteiger partial charge in [-0.1, -0.05) is 0 Å². The van der Waals surface area contributed by atoms with Gasteiger partial charge in [-0.2, -0.15) is 13.2 Å². The molecule has 2 rings (SSSR count). The maximum absolute atomic E-state index is 12.4. The highest BCUT2D eigenvalue weighted by molar-refractivity contribution is 5.57. The molecule has 0 aliphatic carbocycles. The van der Waals surface area contributed by atoms with E-state index in [1.54, 1.807) is 0 Å². The van der Waals surface area contributed by atoms with E-state index in [2.05, 4.69) is 25.3 Å². The number of hydrogen-bond acceptors (Lipinski definition) is 6. The summed E-state index contributed by atoms with van der Waals surface area (Å²) in [5, 5.41) is 2.16. The molecule has 0 saturated carbocycles. The predicted octanol–water partition coefficient (Wildman–Crippen LogP) is 1.88. The van der Waals surface area contributed by atoms with Crippen LogP contribution in [0.1, 0.15) is 6.92 Å². The van der Waals surface area contributed by atoms with Crippen LogP contribution in [0, 0.1) is 0 Å². The minimum absolute atomic E-state index is 0.115. The number of nitrogens with two attached hydrogens (primary N) is 1. The summed E-state index contributed by atoms with van der Waals surface area (Å²) in [6.45, 7) is 0.987. The second kappa shape index (κ2) is 5.27. The summed E-state index contributed by atoms with van der Waals surface area (Å²) in [7, 11) is 0. The van der Waals surface area contributed by atoms with Gasteiger partial charge in [-0.3, -0.25) is 4.98 Å². The van der Waals surface area contributed by atoms with Gasteiger partial charge in [0.25, 0.3) is 0 Å². The molecular weight excluding hydrogens is 273 g/mol. The van der Waals surface area contributed by atoms with Crippen molar-refractivity contribution in [3.63, 3.8) is 0 Å². The lowest BCUT2D eigenvalue weighted by Gasteiger charge is -2.16. The molecule has 1 unspecified atom stereocenters. The molecule has 2 aromatic heterocycles. The van der Waals surface area contributed by atoms with Crippen LogP contribution >= 0.6 is 0 Å². The number of alkyl halides is 3.